The van der Waals surface area contributed by atoms with Crippen molar-refractivity contribution < 1.29 is 8.83 Å². The van der Waals surface area contributed by atoms with Crippen molar-refractivity contribution in [2.24, 2.45) is 0 Å². The molecule has 0 bridgehead atoms. The minimum atomic E-state index is -0.195. The fourth-order valence-corrected chi connectivity index (χ4v) is 8.31. The molecule has 0 aliphatic heterocycles. The Morgan fingerprint density at radius 1 is 0.500 bits per heavy atom. The number of nitrogens with zero attached hydrogens (tertiary/aromatic N) is 2. The van der Waals surface area contributed by atoms with Gasteiger partial charge < -0.3 is 8.83 Å². The maximum atomic E-state index is 6.44. The highest BCUT2D eigenvalue weighted by atomic mass is 16.4. The Hall–Kier alpha value is -6.39. The van der Waals surface area contributed by atoms with Crippen LogP contribution in [0.25, 0.3) is 94.2 Å². The SMILES string of the molecule is CC1(C)c2cc(-c3ccc4oc5c(ccc6c7ccccc7oc65)c4c3)ccc2-c2ccc(-n3c(-c4ccccc4)nc4ccccc43)cc21. The monoisotopic (exact) mass is 642 g/mol. The molecule has 0 saturated carbocycles. The van der Waals surface area contributed by atoms with Gasteiger partial charge in [0, 0.05) is 38.2 Å². The van der Waals surface area contributed by atoms with Crippen LogP contribution in [0.3, 0.4) is 0 Å². The van der Waals surface area contributed by atoms with Gasteiger partial charge in [0.15, 0.2) is 11.2 Å². The number of imidazole rings is 1. The van der Waals surface area contributed by atoms with Gasteiger partial charge in [-0.05, 0) is 94.0 Å². The topological polar surface area (TPSA) is 44.1 Å². The molecule has 236 valence electrons. The standard InChI is InChI=1S/C46H30N2O2/c1-46(2)37-25-29(28-17-23-42-36(24-28)35-22-21-34-33-12-6-9-15-41(33)49-43(34)44(35)50-42)16-19-31(37)32-20-18-30(26-38(32)46)48-40-14-8-7-13-39(40)47-45(48)27-10-4-3-5-11-27/h3-26H,1-2H3. The Labute approximate surface area is 287 Å². The van der Waals surface area contributed by atoms with Crippen molar-refractivity contribution in [3.05, 3.63) is 157 Å². The summed E-state index contributed by atoms with van der Waals surface area (Å²) in [6, 6.07) is 51.8. The van der Waals surface area contributed by atoms with Crippen LogP contribution < -0.4 is 0 Å². The largest absolute Gasteiger partial charge is 0.452 e. The quantitative estimate of drug-likeness (QED) is 0.193. The Kier molecular flexibility index (Phi) is 5.42. The van der Waals surface area contributed by atoms with Gasteiger partial charge in [-0.3, -0.25) is 4.57 Å². The Morgan fingerprint density at radius 2 is 1.14 bits per heavy atom. The second kappa shape index (κ2) is 9.83. The van der Waals surface area contributed by atoms with Gasteiger partial charge in [0.05, 0.1) is 11.0 Å². The third-order valence-corrected chi connectivity index (χ3v) is 10.8. The molecular weight excluding hydrogens is 613 g/mol. The summed E-state index contributed by atoms with van der Waals surface area (Å²) in [5.74, 6) is 0.950. The van der Waals surface area contributed by atoms with E-state index in [9.17, 15) is 0 Å². The lowest BCUT2D eigenvalue weighted by atomic mass is 9.81. The summed E-state index contributed by atoms with van der Waals surface area (Å²) >= 11 is 0. The minimum Gasteiger partial charge on any atom is -0.452 e. The van der Waals surface area contributed by atoms with Crippen molar-refractivity contribution >= 4 is 54.9 Å². The summed E-state index contributed by atoms with van der Waals surface area (Å²) in [6.45, 7) is 4.70. The number of benzene rings is 7. The molecular formula is C46H30N2O2. The molecule has 50 heavy (non-hydrogen) atoms. The molecule has 0 fully saturated rings. The zero-order chi connectivity index (χ0) is 33.1. The van der Waals surface area contributed by atoms with Crippen LogP contribution in [-0.4, -0.2) is 9.55 Å². The van der Waals surface area contributed by atoms with E-state index in [1.165, 1.54) is 27.8 Å². The van der Waals surface area contributed by atoms with Gasteiger partial charge >= 0.3 is 0 Å². The van der Waals surface area contributed by atoms with E-state index in [1.54, 1.807) is 0 Å². The molecule has 0 atom stereocenters. The van der Waals surface area contributed by atoms with Gasteiger partial charge in [0.2, 0.25) is 0 Å². The molecule has 11 rings (SSSR count). The molecule has 3 heterocycles. The van der Waals surface area contributed by atoms with Crippen molar-refractivity contribution in [3.63, 3.8) is 0 Å². The molecule has 3 aromatic heterocycles. The van der Waals surface area contributed by atoms with Crippen LogP contribution in [0.1, 0.15) is 25.0 Å². The van der Waals surface area contributed by atoms with Gasteiger partial charge in [0.25, 0.3) is 0 Å². The summed E-state index contributed by atoms with van der Waals surface area (Å²) in [5, 5.41) is 4.34. The molecule has 4 heteroatoms. The van der Waals surface area contributed by atoms with E-state index in [1.807, 2.05) is 18.2 Å². The first-order valence-corrected chi connectivity index (χ1v) is 17.1. The molecule has 0 spiro atoms. The van der Waals surface area contributed by atoms with Crippen molar-refractivity contribution in [1.29, 1.82) is 0 Å². The molecule has 0 N–H and O–H groups in total. The molecule has 10 aromatic rings. The molecule has 0 unspecified atom stereocenters. The molecule has 0 radical (unpaired) electrons. The Bertz CT molecular complexity index is 3010. The first-order chi connectivity index (χ1) is 24.5. The number of hydrogen-bond donors (Lipinski definition) is 0. The highest BCUT2D eigenvalue weighted by molar-refractivity contribution is 6.19. The number of furan rings is 2. The predicted octanol–water partition coefficient (Wildman–Crippen LogP) is 12.5. The average Bonchev–Trinajstić information content (AvgIpc) is 3.90. The van der Waals surface area contributed by atoms with E-state index in [0.717, 1.165) is 77.5 Å². The maximum Gasteiger partial charge on any atom is 0.178 e. The van der Waals surface area contributed by atoms with Crippen LogP contribution in [0.5, 0.6) is 0 Å². The number of rotatable bonds is 3. The van der Waals surface area contributed by atoms with E-state index in [4.69, 9.17) is 13.8 Å². The summed E-state index contributed by atoms with van der Waals surface area (Å²) in [4.78, 5) is 5.09. The van der Waals surface area contributed by atoms with E-state index >= 15 is 0 Å². The molecule has 1 aliphatic rings. The average molecular weight is 643 g/mol. The van der Waals surface area contributed by atoms with Crippen LogP contribution in [0.15, 0.2) is 154 Å². The minimum absolute atomic E-state index is 0.195. The zero-order valence-electron chi connectivity index (χ0n) is 27.6. The summed E-state index contributed by atoms with van der Waals surface area (Å²) < 4.78 is 15.0. The fourth-order valence-electron chi connectivity index (χ4n) is 8.31. The van der Waals surface area contributed by atoms with Crippen molar-refractivity contribution in [3.8, 4) is 39.3 Å². The predicted molar refractivity (Wildman–Crippen MR) is 204 cm³/mol. The lowest BCUT2D eigenvalue weighted by Crippen LogP contribution is -2.15. The maximum absolute atomic E-state index is 6.44. The fraction of sp³-hybridized carbons (Fsp3) is 0.0652. The lowest BCUT2D eigenvalue weighted by molar-refractivity contribution is 0.633. The third-order valence-electron chi connectivity index (χ3n) is 10.8. The number of fused-ring (bicyclic) bond motifs is 11. The van der Waals surface area contributed by atoms with Gasteiger partial charge in [0.1, 0.15) is 17.0 Å². The van der Waals surface area contributed by atoms with Crippen molar-refractivity contribution in [2.45, 2.75) is 19.3 Å². The second-order valence-electron chi connectivity index (χ2n) is 14.0. The van der Waals surface area contributed by atoms with Crippen LogP contribution in [0.4, 0.5) is 0 Å². The van der Waals surface area contributed by atoms with Crippen molar-refractivity contribution in [2.75, 3.05) is 0 Å². The molecule has 4 nitrogen and oxygen atoms in total. The molecule has 7 aromatic carbocycles. The normalized spacial score (nSPS) is 13.6. The molecule has 1 aliphatic carbocycles. The highest BCUT2D eigenvalue weighted by Crippen LogP contribution is 2.51. The molecule has 0 saturated heterocycles. The van der Waals surface area contributed by atoms with E-state index in [2.05, 4.69) is 146 Å². The van der Waals surface area contributed by atoms with Crippen LogP contribution >= 0.6 is 0 Å². The van der Waals surface area contributed by atoms with Gasteiger partial charge in [-0.15, -0.1) is 0 Å². The van der Waals surface area contributed by atoms with Crippen molar-refractivity contribution in [1.82, 2.24) is 9.55 Å². The van der Waals surface area contributed by atoms with E-state index in [0.29, 0.717) is 0 Å². The Morgan fingerprint density at radius 3 is 1.98 bits per heavy atom. The highest BCUT2D eigenvalue weighted by Gasteiger charge is 2.36. The summed E-state index contributed by atoms with van der Waals surface area (Å²) in [5.41, 5.74) is 15.0. The smallest absolute Gasteiger partial charge is 0.178 e. The number of para-hydroxylation sites is 3. The molecule has 0 amide bonds. The van der Waals surface area contributed by atoms with Gasteiger partial charge in [-0.2, -0.15) is 0 Å². The van der Waals surface area contributed by atoms with Gasteiger partial charge in [-0.25, -0.2) is 4.98 Å². The zero-order valence-corrected chi connectivity index (χ0v) is 27.6. The van der Waals surface area contributed by atoms with Crippen LogP contribution in [0.2, 0.25) is 0 Å². The third kappa shape index (κ3) is 3.73. The summed E-state index contributed by atoms with van der Waals surface area (Å²) in [7, 11) is 0. The Balaban J connectivity index is 1.02. The first-order valence-electron chi connectivity index (χ1n) is 17.1. The number of hydrogen-bond acceptors (Lipinski definition) is 3. The summed E-state index contributed by atoms with van der Waals surface area (Å²) in [6.07, 6.45) is 0. The lowest BCUT2D eigenvalue weighted by Gasteiger charge is -2.23. The van der Waals surface area contributed by atoms with Crippen LogP contribution in [-0.2, 0) is 5.41 Å². The van der Waals surface area contributed by atoms with Crippen LogP contribution in [0, 0.1) is 0 Å². The van der Waals surface area contributed by atoms with E-state index in [-0.39, 0.29) is 5.41 Å². The van der Waals surface area contributed by atoms with Gasteiger partial charge in [-0.1, -0.05) is 98.8 Å². The van der Waals surface area contributed by atoms with E-state index < -0.39 is 0 Å². The second-order valence-corrected chi connectivity index (χ2v) is 14.0. The number of aromatic nitrogens is 2. The first kappa shape index (κ1) is 27.5.